The Hall–Kier alpha value is -1.68. The van der Waals surface area contributed by atoms with Gasteiger partial charge < -0.3 is 5.32 Å². The van der Waals surface area contributed by atoms with E-state index in [4.69, 9.17) is 0 Å². The minimum atomic E-state index is -0.288. The van der Waals surface area contributed by atoms with Gasteiger partial charge in [0.2, 0.25) is 0 Å². The summed E-state index contributed by atoms with van der Waals surface area (Å²) in [7, 11) is 0. The Morgan fingerprint density at radius 3 is 2.68 bits per heavy atom. The van der Waals surface area contributed by atoms with E-state index in [1.807, 2.05) is 42.5 Å². The topological polar surface area (TPSA) is 48.7 Å². The van der Waals surface area contributed by atoms with Crippen LogP contribution < -0.4 is 5.32 Å². The summed E-state index contributed by atoms with van der Waals surface area (Å²) in [5, 5.41) is 12.3. The van der Waals surface area contributed by atoms with Crippen LogP contribution in [-0.4, -0.2) is 4.98 Å². The first-order chi connectivity index (χ1) is 9.01. The lowest BCUT2D eigenvalue weighted by Gasteiger charge is -2.11. The van der Waals surface area contributed by atoms with Crippen molar-refractivity contribution in [1.82, 2.24) is 4.98 Å². The number of nitrogens with one attached hydrogen (secondary N) is 1. The molecule has 96 valence electrons. The Bertz CT molecular complexity index is 677. The molecule has 0 amide bonds. The highest BCUT2D eigenvalue weighted by Crippen LogP contribution is 2.25. The fraction of sp³-hybridized carbons (Fsp3) is 0.143. The molecule has 0 unspecified atom stereocenters. The zero-order valence-corrected chi connectivity index (χ0v) is 12.6. The van der Waals surface area contributed by atoms with Crippen LogP contribution in [0.5, 0.6) is 0 Å². The number of aromatic nitrogens is 1. The molecule has 0 bridgehead atoms. The molecule has 0 aliphatic carbocycles. The number of hydrogen-bond acceptors (Lipinski definition) is 3. The Morgan fingerprint density at radius 1 is 1.32 bits per heavy atom. The average molecular weight is 367 g/mol. The van der Waals surface area contributed by atoms with Gasteiger partial charge in [0.1, 0.15) is 17.7 Å². The summed E-state index contributed by atoms with van der Waals surface area (Å²) < 4.78 is 13.8. The van der Waals surface area contributed by atoms with Crippen LogP contribution in [0.3, 0.4) is 0 Å². The van der Waals surface area contributed by atoms with Gasteiger partial charge in [-0.2, -0.15) is 5.26 Å². The smallest absolute Gasteiger partial charge is 0.148 e. The van der Waals surface area contributed by atoms with Crippen molar-refractivity contribution >= 4 is 34.1 Å². The van der Waals surface area contributed by atoms with Crippen molar-refractivity contribution in [3.8, 4) is 6.07 Å². The van der Waals surface area contributed by atoms with E-state index < -0.39 is 0 Å². The maximum Gasteiger partial charge on any atom is 0.148 e. The van der Waals surface area contributed by atoms with Gasteiger partial charge in [-0.15, -0.1) is 0 Å². The normalized spacial score (nSPS) is 10.1. The molecule has 0 spiro atoms. The zero-order valence-electron chi connectivity index (χ0n) is 10.5. The molecule has 1 aromatic heterocycles. The van der Waals surface area contributed by atoms with Crippen molar-refractivity contribution in [2.45, 2.75) is 13.8 Å². The van der Waals surface area contributed by atoms with Gasteiger partial charge >= 0.3 is 0 Å². The highest BCUT2D eigenvalue weighted by atomic mass is 127. The molecule has 1 N–H and O–H groups in total. The summed E-state index contributed by atoms with van der Waals surface area (Å²) in [6, 6.07) is 8.44. The maximum absolute atomic E-state index is 13.1. The number of rotatable bonds is 2. The summed E-state index contributed by atoms with van der Waals surface area (Å²) in [5.41, 5.74) is 2.94. The number of nitriles is 1. The number of anilines is 2. The van der Waals surface area contributed by atoms with Gasteiger partial charge in [0, 0.05) is 9.26 Å². The Balaban J connectivity index is 2.46. The molecule has 19 heavy (non-hydrogen) atoms. The summed E-state index contributed by atoms with van der Waals surface area (Å²) >= 11 is 2.04. The number of benzene rings is 1. The molecule has 2 rings (SSSR count). The van der Waals surface area contributed by atoms with Gasteiger partial charge in [-0.1, -0.05) is 0 Å². The van der Waals surface area contributed by atoms with Gasteiger partial charge in [-0.05, 0) is 66.3 Å². The third kappa shape index (κ3) is 3.01. The molecule has 2 aromatic rings. The van der Waals surface area contributed by atoms with E-state index in [1.54, 1.807) is 6.07 Å². The lowest BCUT2D eigenvalue weighted by atomic mass is 10.1. The van der Waals surface area contributed by atoms with Crippen molar-refractivity contribution in [3.63, 3.8) is 0 Å². The summed E-state index contributed by atoms with van der Waals surface area (Å²) in [6.07, 6.45) is 0. The lowest BCUT2D eigenvalue weighted by Crippen LogP contribution is -2.02. The molecule has 0 radical (unpaired) electrons. The van der Waals surface area contributed by atoms with E-state index in [2.05, 4.69) is 16.4 Å². The first-order valence-electron chi connectivity index (χ1n) is 5.61. The summed E-state index contributed by atoms with van der Waals surface area (Å²) in [6.45, 7) is 3.74. The van der Waals surface area contributed by atoms with E-state index in [1.165, 1.54) is 12.1 Å². The molecule has 1 aromatic carbocycles. The van der Waals surface area contributed by atoms with Gasteiger partial charge in [0.05, 0.1) is 11.3 Å². The standard InChI is InChI=1S/C14H11FIN3/c1-8-5-9(2)18-14(11(8)7-17)19-13-4-3-10(15)6-12(13)16/h3-6H,1-2H3,(H,18,19). The fourth-order valence-corrected chi connectivity index (χ4v) is 2.40. The second kappa shape index (κ2) is 5.53. The maximum atomic E-state index is 13.1. The number of aryl methyl sites for hydroxylation is 2. The lowest BCUT2D eigenvalue weighted by molar-refractivity contribution is 0.627. The van der Waals surface area contributed by atoms with Gasteiger partial charge in [0.25, 0.3) is 0 Å². The molecule has 0 aliphatic rings. The third-order valence-corrected chi connectivity index (χ3v) is 3.53. The van der Waals surface area contributed by atoms with Crippen LogP contribution in [0.2, 0.25) is 0 Å². The monoisotopic (exact) mass is 367 g/mol. The number of pyridine rings is 1. The number of nitrogens with zero attached hydrogens (tertiary/aromatic N) is 2. The quantitative estimate of drug-likeness (QED) is 0.815. The Labute approximate surface area is 124 Å². The fourth-order valence-electron chi connectivity index (χ4n) is 1.79. The Kier molecular flexibility index (Phi) is 4.00. The summed E-state index contributed by atoms with van der Waals surface area (Å²) in [4.78, 5) is 4.33. The average Bonchev–Trinajstić information content (AvgIpc) is 2.32. The first kappa shape index (κ1) is 13.7. The zero-order chi connectivity index (χ0) is 14.0. The summed E-state index contributed by atoms with van der Waals surface area (Å²) in [5.74, 6) is 0.216. The van der Waals surface area contributed by atoms with Crippen LogP contribution in [0.4, 0.5) is 15.9 Å². The second-order valence-corrected chi connectivity index (χ2v) is 5.33. The predicted molar refractivity (Wildman–Crippen MR) is 80.8 cm³/mol. The van der Waals surface area contributed by atoms with Gasteiger partial charge in [-0.25, -0.2) is 9.37 Å². The molecular formula is C14H11FIN3. The van der Waals surface area contributed by atoms with E-state index in [-0.39, 0.29) is 5.82 Å². The van der Waals surface area contributed by atoms with Crippen molar-refractivity contribution in [2.24, 2.45) is 0 Å². The minimum absolute atomic E-state index is 0.288. The Morgan fingerprint density at radius 2 is 2.05 bits per heavy atom. The van der Waals surface area contributed by atoms with E-state index in [0.29, 0.717) is 11.4 Å². The van der Waals surface area contributed by atoms with Crippen LogP contribution in [0, 0.1) is 34.6 Å². The highest BCUT2D eigenvalue weighted by Gasteiger charge is 2.10. The van der Waals surface area contributed by atoms with Crippen LogP contribution in [0.15, 0.2) is 24.3 Å². The van der Waals surface area contributed by atoms with Crippen molar-refractivity contribution in [1.29, 1.82) is 5.26 Å². The molecule has 0 saturated heterocycles. The molecular weight excluding hydrogens is 356 g/mol. The van der Waals surface area contributed by atoms with Crippen LogP contribution in [0.25, 0.3) is 0 Å². The van der Waals surface area contributed by atoms with Crippen molar-refractivity contribution in [3.05, 3.63) is 50.5 Å². The van der Waals surface area contributed by atoms with Gasteiger partial charge in [0.15, 0.2) is 0 Å². The minimum Gasteiger partial charge on any atom is -0.338 e. The number of hydrogen-bond donors (Lipinski definition) is 1. The van der Waals surface area contributed by atoms with Crippen LogP contribution in [0.1, 0.15) is 16.8 Å². The number of halogens is 2. The molecule has 0 fully saturated rings. The molecule has 0 atom stereocenters. The van der Waals surface area contributed by atoms with E-state index >= 15 is 0 Å². The van der Waals surface area contributed by atoms with E-state index in [0.717, 1.165) is 20.5 Å². The SMILES string of the molecule is Cc1cc(C)c(C#N)c(Nc2ccc(F)cc2I)n1. The van der Waals surface area contributed by atoms with Crippen molar-refractivity contribution < 1.29 is 4.39 Å². The highest BCUT2D eigenvalue weighted by molar-refractivity contribution is 14.1. The molecule has 5 heteroatoms. The molecule has 0 saturated carbocycles. The molecule has 0 aliphatic heterocycles. The van der Waals surface area contributed by atoms with E-state index in [9.17, 15) is 9.65 Å². The predicted octanol–water partition coefficient (Wildman–Crippen LogP) is 4.06. The first-order valence-corrected chi connectivity index (χ1v) is 6.69. The van der Waals surface area contributed by atoms with Gasteiger partial charge in [-0.3, -0.25) is 0 Å². The van der Waals surface area contributed by atoms with Crippen LogP contribution in [-0.2, 0) is 0 Å². The van der Waals surface area contributed by atoms with Crippen LogP contribution >= 0.6 is 22.6 Å². The third-order valence-electron chi connectivity index (χ3n) is 2.64. The second-order valence-electron chi connectivity index (χ2n) is 4.17. The molecule has 3 nitrogen and oxygen atoms in total. The molecule has 1 heterocycles. The largest absolute Gasteiger partial charge is 0.338 e. The van der Waals surface area contributed by atoms with Crippen molar-refractivity contribution in [2.75, 3.05) is 5.32 Å².